The third-order valence-electron chi connectivity index (χ3n) is 3.02. The molecule has 5 heteroatoms. The molecule has 3 rings (SSSR count). The lowest BCUT2D eigenvalue weighted by Crippen LogP contribution is -2.02. The molecule has 3 nitrogen and oxygen atoms in total. The van der Waals surface area contributed by atoms with E-state index in [-0.39, 0.29) is 0 Å². The molecule has 0 unspecified atom stereocenters. The van der Waals surface area contributed by atoms with Crippen molar-refractivity contribution in [3.63, 3.8) is 0 Å². The molecule has 0 radical (unpaired) electrons. The van der Waals surface area contributed by atoms with Crippen LogP contribution in [0.2, 0.25) is 0 Å². The fourth-order valence-corrected chi connectivity index (χ4v) is 3.20. The SMILES string of the molecule is Cc1nc(Cc2nc(=S)c3c([nH]2)CCC3)cs1. The highest BCUT2D eigenvalue weighted by molar-refractivity contribution is 7.71. The van der Waals surface area contributed by atoms with Crippen LogP contribution in [0.4, 0.5) is 0 Å². The number of thiazole rings is 1. The molecule has 1 N–H and O–H groups in total. The Bertz CT molecular complexity index is 612. The molecule has 0 aliphatic heterocycles. The first kappa shape index (κ1) is 11.0. The second-order valence-corrected chi connectivity index (χ2v) is 5.78. The first-order valence-electron chi connectivity index (χ1n) is 5.74. The van der Waals surface area contributed by atoms with E-state index in [0.717, 1.165) is 40.4 Å². The van der Waals surface area contributed by atoms with Gasteiger partial charge < -0.3 is 4.98 Å². The largest absolute Gasteiger partial charge is 0.347 e. The molecule has 2 heterocycles. The summed E-state index contributed by atoms with van der Waals surface area (Å²) in [6.45, 7) is 2.02. The summed E-state index contributed by atoms with van der Waals surface area (Å²) >= 11 is 7.01. The Labute approximate surface area is 109 Å². The molecule has 0 saturated carbocycles. The number of hydrogen-bond acceptors (Lipinski definition) is 4. The van der Waals surface area contributed by atoms with Crippen LogP contribution in [0.1, 0.15) is 34.2 Å². The van der Waals surface area contributed by atoms with Crippen molar-refractivity contribution in [2.45, 2.75) is 32.6 Å². The summed E-state index contributed by atoms with van der Waals surface area (Å²) < 4.78 is 0.776. The molecule has 0 amide bonds. The number of rotatable bonds is 2. The summed E-state index contributed by atoms with van der Waals surface area (Å²) in [6, 6.07) is 0. The fourth-order valence-electron chi connectivity index (χ4n) is 2.25. The van der Waals surface area contributed by atoms with E-state index in [1.165, 1.54) is 17.7 Å². The van der Waals surface area contributed by atoms with Crippen molar-refractivity contribution in [2.75, 3.05) is 0 Å². The van der Waals surface area contributed by atoms with Crippen molar-refractivity contribution in [3.8, 4) is 0 Å². The minimum atomic E-state index is 0.751. The lowest BCUT2D eigenvalue weighted by atomic mass is 10.2. The molecule has 1 aliphatic carbocycles. The van der Waals surface area contributed by atoms with Crippen LogP contribution in [0.25, 0.3) is 0 Å². The van der Waals surface area contributed by atoms with Crippen molar-refractivity contribution in [1.82, 2.24) is 15.0 Å². The highest BCUT2D eigenvalue weighted by Gasteiger charge is 2.15. The van der Waals surface area contributed by atoms with E-state index in [9.17, 15) is 0 Å². The van der Waals surface area contributed by atoms with E-state index < -0.39 is 0 Å². The van der Waals surface area contributed by atoms with E-state index in [1.807, 2.05) is 6.92 Å². The Balaban J connectivity index is 1.94. The molecular weight excluding hydrogens is 250 g/mol. The van der Waals surface area contributed by atoms with Crippen LogP contribution in [0.5, 0.6) is 0 Å². The van der Waals surface area contributed by atoms with Gasteiger partial charge in [-0.15, -0.1) is 11.3 Å². The van der Waals surface area contributed by atoms with Gasteiger partial charge in [-0.1, -0.05) is 12.2 Å². The molecule has 88 valence electrons. The fraction of sp³-hybridized carbons (Fsp3) is 0.417. The van der Waals surface area contributed by atoms with E-state index in [1.54, 1.807) is 11.3 Å². The third-order valence-corrected chi connectivity index (χ3v) is 4.18. The molecular formula is C12H13N3S2. The molecule has 0 atom stereocenters. The first-order chi connectivity index (χ1) is 8.22. The number of nitrogens with one attached hydrogen (secondary N) is 1. The van der Waals surface area contributed by atoms with Crippen LogP contribution in [0.3, 0.4) is 0 Å². The second-order valence-electron chi connectivity index (χ2n) is 4.33. The highest BCUT2D eigenvalue weighted by Crippen LogP contribution is 2.21. The van der Waals surface area contributed by atoms with Crippen LogP contribution in [-0.2, 0) is 19.3 Å². The molecule has 0 fully saturated rings. The monoisotopic (exact) mass is 263 g/mol. The molecule has 0 aromatic carbocycles. The van der Waals surface area contributed by atoms with Crippen molar-refractivity contribution < 1.29 is 0 Å². The first-order valence-corrected chi connectivity index (χ1v) is 7.03. The van der Waals surface area contributed by atoms with Crippen molar-refractivity contribution in [2.24, 2.45) is 0 Å². The summed E-state index contributed by atoms with van der Waals surface area (Å²) in [4.78, 5) is 12.3. The van der Waals surface area contributed by atoms with Gasteiger partial charge in [0.25, 0.3) is 0 Å². The Kier molecular flexibility index (Phi) is 2.80. The minimum absolute atomic E-state index is 0.751. The van der Waals surface area contributed by atoms with Gasteiger partial charge in [0.1, 0.15) is 10.5 Å². The van der Waals surface area contributed by atoms with Crippen LogP contribution in [0.15, 0.2) is 5.38 Å². The van der Waals surface area contributed by atoms with Gasteiger partial charge in [0.05, 0.1) is 10.7 Å². The van der Waals surface area contributed by atoms with E-state index in [4.69, 9.17) is 12.2 Å². The minimum Gasteiger partial charge on any atom is -0.347 e. The van der Waals surface area contributed by atoms with E-state index in [2.05, 4.69) is 20.3 Å². The second kappa shape index (κ2) is 4.31. The number of aromatic nitrogens is 3. The van der Waals surface area contributed by atoms with Gasteiger partial charge >= 0.3 is 0 Å². The number of hydrogen-bond donors (Lipinski definition) is 1. The number of fused-ring (bicyclic) bond motifs is 1. The molecule has 2 aromatic heterocycles. The lowest BCUT2D eigenvalue weighted by molar-refractivity contribution is 0.878. The van der Waals surface area contributed by atoms with Gasteiger partial charge in [0, 0.05) is 23.1 Å². The molecule has 0 saturated heterocycles. The van der Waals surface area contributed by atoms with Crippen molar-refractivity contribution in [3.05, 3.63) is 37.8 Å². The summed E-state index contributed by atoms with van der Waals surface area (Å²) in [5.41, 5.74) is 3.61. The predicted octanol–water partition coefficient (Wildman–Crippen LogP) is 2.98. The lowest BCUT2D eigenvalue weighted by Gasteiger charge is -2.04. The van der Waals surface area contributed by atoms with E-state index >= 15 is 0 Å². The van der Waals surface area contributed by atoms with Gasteiger partial charge in [0.2, 0.25) is 0 Å². The van der Waals surface area contributed by atoms with Crippen LogP contribution < -0.4 is 0 Å². The highest BCUT2D eigenvalue weighted by atomic mass is 32.1. The van der Waals surface area contributed by atoms with Gasteiger partial charge in [0.15, 0.2) is 0 Å². The van der Waals surface area contributed by atoms with Crippen LogP contribution >= 0.6 is 23.6 Å². The summed E-state index contributed by atoms with van der Waals surface area (Å²) in [5.74, 6) is 0.945. The number of nitrogens with zero attached hydrogens (tertiary/aromatic N) is 2. The maximum Gasteiger partial charge on any atom is 0.133 e. The van der Waals surface area contributed by atoms with Crippen molar-refractivity contribution in [1.29, 1.82) is 0 Å². The quantitative estimate of drug-likeness (QED) is 0.847. The Morgan fingerprint density at radius 2 is 2.29 bits per heavy atom. The summed E-state index contributed by atoms with van der Waals surface area (Å²) in [6.07, 6.45) is 4.12. The zero-order valence-electron chi connectivity index (χ0n) is 9.62. The van der Waals surface area contributed by atoms with Crippen LogP contribution in [0, 0.1) is 11.6 Å². The molecule has 2 aromatic rings. The standard InChI is InChI=1S/C12H13N3S2/c1-7-13-8(6-17-7)5-11-14-10-4-2-3-9(10)12(16)15-11/h6H,2-5H2,1H3,(H,14,15,16). The van der Waals surface area contributed by atoms with Gasteiger partial charge in [-0.05, 0) is 26.2 Å². The Morgan fingerprint density at radius 1 is 1.41 bits per heavy atom. The summed E-state index contributed by atoms with van der Waals surface area (Å²) in [7, 11) is 0. The predicted molar refractivity (Wildman–Crippen MR) is 71.1 cm³/mol. The Hall–Kier alpha value is -1.07. The molecule has 0 bridgehead atoms. The zero-order valence-corrected chi connectivity index (χ0v) is 11.2. The normalized spacial score (nSPS) is 13.9. The Morgan fingerprint density at radius 3 is 3.06 bits per heavy atom. The van der Waals surface area contributed by atoms with Gasteiger partial charge in [-0.3, -0.25) is 0 Å². The van der Waals surface area contributed by atoms with Crippen LogP contribution in [-0.4, -0.2) is 15.0 Å². The smallest absolute Gasteiger partial charge is 0.133 e. The number of H-pyrrole nitrogens is 1. The molecule has 17 heavy (non-hydrogen) atoms. The molecule has 1 aliphatic rings. The number of aryl methyl sites for hydroxylation is 2. The average Bonchev–Trinajstić information content (AvgIpc) is 2.87. The zero-order chi connectivity index (χ0) is 11.8. The summed E-state index contributed by atoms with van der Waals surface area (Å²) in [5, 5.41) is 3.18. The molecule has 0 spiro atoms. The average molecular weight is 263 g/mol. The maximum absolute atomic E-state index is 5.34. The van der Waals surface area contributed by atoms with Gasteiger partial charge in [-0.2, -0.15) is 0 Å². The van der Waals surface area contributed by atoms with E-state index in [0.29, 0.717) is 0 Å². The maximum atomic E-state index is 5.34. The topological polar surface area (TPSA) is 41.6 Å². The van der Waals surface area contributed by atoms with Crippen molar-refractivity contribution >= 4 is 23.6 Å². The number of aromatic amines is 1. The van der Waals surface area contributed by atoms with Gasteiger partial charge in [-0.25, -0.2) is 9.97 Å². The third kappa shape index (κ3) is 2.17.